The highest BCUT2D eigenvalue weighted by Crippen LogP contribution is 2.13. The smallest absolute Gasteiger partial charge is 0.133 e. The van der Waals surface area contributed by atoms with E-state index in [1.807, 2.05) is 25.1 Å². The van der Waals surface area contributed by atoms with Crippen molar-refractivity contribution in [3.8, 4) is 5.75 Å². The van der Waals surface area contributed by atoms with Gasteiger partial charge in [-0.05, 0) is 31.5 Å². The molecule has 5 nitrogen and oxygen atoms in total. The van der Waals surface area contributed by atoms with E-state index in [9.17, 15) is 0 Å². The first-order valence-corrected chi connectivity index (χ1v) is 8.25. The molecule has 0 unspecified atom stereocenters. The van der Waals surface area contributed by atoms with Crippen molar-refractivity contribution in [2.45, 2.75) is 20.4 Å². The van der Waals surface area contributed by atoms with Gasteiger partial charge in [0.25, 0.3) is 0 Å². The molecule has 23 heavy (non-hydrogen) atoms. The van der Waals surface area contributed by atoms with Gasteiger partial charge in [0.1, 0.15) is 18.1 Å². The second kappa shape index (κ2) is 7.62. The zero-order chi connectivity index (χ0) is 16.1. The second-order valence-corrected chi connectivity index (χ2v) is 6.21. The summed E-state index contributed by atoms with van der Waals surface area (Å²) < 4.78 is 11.0. The summed E-state index contributed by atoms with van der Waals surface area (Å²) in [6.07, 6.45) is 0. The summed E-state index contributed by atoms with van der Waals surface area (Å²) in [7, 11) is 0. The number of nitrogens with zero attached hydrogens (tertiary/aromatic N) is 3. The van der Waals surface area contributed by atoms with Crippen molar-refractivity contribution in [1.29, 1.82) is 0 Å². The van der Waals surface area contributed by atoms with E-state index in [0.717, 1.165) is 63.1 Å². The van der Waals surface area contributed by atoms with Gasteiger partial charge in [0, 0.05) is 45.3 Å². The zero-order valence-corrected chi connectivity index (χ0v) is 14.0. The summed E-state index contributed by atoms with van der Waals surface area (Å²) in [5.41, 5.74) is 2.26. The lowest BCUT2D eigenvalue weighted by atomic mass is 10.2. The Labute approximate surface area is 137 Å². The minimum absolute atomic E-state index is 0.742. The van der Waals surface area contributed by atoms with Crippen molar-refractivity contribution in [3.05, 3.63) is 47.3 Å². The van der Waals surface area contributed by atoms with Crippen LogP contribution in [0.4, 0.5) is 0 Å². The van der Waals surface area contributed by atoms with Gasteiger partial charge in [0.2, 0.25) is 0 Å². The van der Waals surface area contributed by atoms with Crippen LogP contribution in [0.25, 0.3) is 0 Å². The van der Waals surface area contributed by atoms with Gasteiger partial charge in [-0.25, -0.2) is 0 Å². The number of aryl methyl sites for hydroxylation is 2. The third kappa shape index (κ3) is 4.81. The Kier molecular flexibility index (Phi) is 5.31. The van der Waals surface area contributed by atoms with Gasteiger partial charge in [-0.15, -0.1) is 0 Å². The van der Waals surface area contributed by atoms with Crippen LogP contribution in [-0.2, 0) is 6.54 Å². The van der Waals surface area contributed by atoms with Crippen LogP contribution in [-0.4, -0.2) is 54.3 Å². The molecule has 0 bridgehead atoms. The van der Waals surface area contributed by atoms with Gasteiger partial charge < -0.3 is 9.26 Å². The highest BCUT2D eigenvalue weighted by atomic mass is 16.5. The predicted octanol–water partition coefficient (Wildman–Crippen LogP) is 2.49. The number of aromatic nitrogens is 1. The summed E-state index contributed by atoms with van der Waals surface area (Å²) in [6, 6.07) is 10.2. The van der Waals surface area contributed by atoms with Crippen molar-refractivity contribution >= 4 is 0 Å². The maximum Gasteiger partial charge on any atom is 0.133 e. The highest BCUT2D eigenvalue weighted by Gasteiger charge is 2.17. The number of ether oxygens (including phenoxy) is 1. The number of benzene rings is 1. The Bertz CT molecular complexity index is 618. The van der Waals surface area contributed by atoms with Gasteiger partial charge in [-0.1, -0.05) is 17.3 Å². The first kappa shape index (κ1) is 16.0. The molecule has 0 aliphatic carbocycles. The van der Waals surface area contributed by atoms with Crippen molar-refractivity contribution in [2.24, 2.45) is 0 Å². The molecule has 3 rings (SSSR count). The van der Waals surface area contributed by atoms with Gasteiger partial charge in [-0.2, -0.15) is 0 Å². The molecule has 1 saturated heterocycles. The number of hydrogen-bond acceptors (Lipinski definition) is 5. The Morgan fingerprint density at radius 1 is 1.09 bits per heavy atom. The van der Waals surface area contributed by atoms with E-state index in [0.29, 0.717) is 0 Å². The lowest BCUT2D eigenvalue weighted by Crippen LogP contribution is -2.47. The van der Waals surface area contributed by atoms with Crippen LogP contribution in [0, 0.1) is 13.8 Å². The predicted molar refractivity (Wildman–Crippen MR) is 89.6 cm³/mol. The quantitative estimate of drug-likeness (QED) is 0.819. The molecule has 1 fully saturated rings. The summed E-state index contributed by atoms with van der Waals surface area (Å²) in [6.45, 7) is 10.9. The van der Waals surface area contributed by atoms with Crippen molar-refractivity contribution < 1.29 is 9.26 Å². The largest absolute Gasteiger partial charge is 0.492 e. The van der Waals surface area contributed by atoms with E-state index in [2.05, 4.69) is 34.0 Å². The molecule has 0 radical (unpaired) electrons. The normalized spacial score (nSPS) is 16.6. The molecule has 1 aromatic carbocycles. The average Bonchev–Trinajstić information content (AvgIpc) is 2.94. The molecule has 1 aliphatic rings. The zero-order valence-electron chi connectivity index (χ0n) is 14.0. The fourth-order valence-electron chi connectivity index (χ4n) is 2.89. The molecular formula is C18H25N3O2. The number of hydrogen-bond donors (Lipinski definition) is 0. The molecule has 1 aliphatic heterocycles. The van der Waals surface area contributed by atoms with E-state index in [1.54, 1.807) is 0 Å². The van der Waals surface area contributed by atoms with E-state index >= 15 is 0 Å². The van der Waals surface area contributed by atoms with Crippen molar-refractivity contribution in [2.75, 3.05) is 39.3 Å². The molecule has 124 valence electrons. The summed E-state index contributed by atoms with van der Waals surface area (Å²) in [5, 5.41) is 4.07. The molecule has 1 aromatic heterocycles. The maximum atomic E-state index is 5.84. The third-order valence-corrected chi connectivity index (χ3v) is 4.19. The molecule has 5 heteroatoms. The van der Waals surface area contributed by atoms with Gasteiger partial charge in [0.05, 0.1) is 5.69 Å². The standard InChI is InChI=1S/C18H25N3O2/c1-15-4-3-5-18(12-15)22-11-10-20-6-8-21(9-7-20)14-17-13-16(2)23-19-17/h3-5,12-13H,6-11,14H2,1-2H3. The van der Waals surface area contributed by atoms with Gasteiger partial charge >= 0.3 is 0 Å². The third-order valence-electron chi connectivity index (χ3n) is 4.19. The molecule has 2 aromatic rings. The summed E-state index contributed by atoms with van der Waals surface area (Å²) in [4.78, 5) is 4.88. The second-order valence-electron chi connectivity index (χ2n) is 6.21. The Morgan fingerprint density at radius 2 is 1.87 bits per heavy atom. The molecule has 2 heterocycles. The Balaban J connectivity index is 1.36. The van der Waals surface area contributed by atoms with Crippen LogP contribution in [0.5, 0.6) is 5.75 Å². The average molecular weight is 315 g/mol. The molecule has 0 amide bonds. The van der Waals surface area contributed by atoms with Gasteiger partial charge in [-0.3, -0.25) is 9.80 Å². The van der Waals surface area contributed by atoms with Crippen molar-refractivity contribution in [1.82, 2.24) is 15.0 Å². The summed E-state index contributed by atoms with van der Waals surface area (Å²) >= 11 is 0. The fraction of sp³-hybridized carbons (Fsp3) is 0.500. The monoisotopic (exact) mass is 315 g/mol. The minimum atomic E-state index is 0.742. The fourth-order valence-corrected chi connectivity index (χ4v) is 2.89. The van der Waals surface area contributed by atoms with E-state index in [4.69, 9.17) is 9.26 Å². The number of piperazine rings is 1. The van der Waals surface area contributed by atoms with E-state index in [-0.39, 0.29) is 0 Å². The molecule has 0 N–H and O–H groups in total. The van der Waals surface area contributed by atoms with Crippen LogP contribution in [0.1, 0.15) is 17.0 Å². The molecular weight excluding hydrogens is 290 g/mol. The van der Waals surface area contributed by atoms with E-state index < -0.39 is 0 Å². The Hall–Kier alpha value is -1.85. The van der Waals surface area contributed by atoms with Crippen molar-refractivity contribution in [3.63, 3.8) is 0 Å². The lowest BCUT2D eigenvalue weighted by Gasteiger charge is -2.34. The van der Waals surface area contributed by atoms with Crippen LogP contribution in [0.2, 0.25) is 0 Å². The first-order chi connectivity index (χ1) is 11.2. The molecule has 0 atom stereocenters. The summed E-state index contributed by atoms with van der Waals surface area (Å²) in [5.74, 6) is 1.84. The Morgan fingerprint density at radius 3 is 2.57 bits per heavy atom. The van der Waals surface area contributed by atoms with Crippen LogP contribution in [0.15, 0.2) is 34.9 Å². The minimum Gasteiger partial charge on any atom is -0.492 e. The lowest BCUT2D eigenvalue weighted by molar-refractivity contribution is 0.111. The topological polar surface area (TPSA) is 41.7 Å². The van der Waals surface area contributed by atoms with Crippen LogP contribution >= 0.6 is 0 Å². The van der Waals surface area contributed by atoms with E-state index in [1.165, 1.54) is 5.56 Å². The SMILES string of the molecule is Cc1cccc(OCCN2CCN(Cc3cc(C)on3)CC2)c1. The maximum absolute atomic E-state index is 5.84. The van der Waals surface area contributed by atoms with Gasteiger partial charge in [0.15, 0.2) is 0 Å². The highest BCUT2D eigenvalue weighted by molar-refractivity contribution is 5.27. The van der Waals surface area contributed by atoms with Crippen LogP contribution in [0.3, 0.4) is 0 Å². The van der Waals surface area contributed by atoms with Crippen LogP contribution < -0.4 is 4.74 Å². The molecule has 0 spiro atoms. The molecule has 0 saturated carbocycles. The number of rotatable bonds is 6. The first-order valence-electron chi connectivity index (χ1n) is 8.25.